The molecule has 7 heteroatoms. The summed E-state index contributed by atoms with van der Waals surface area (Å²) in [6.07, 6.45) is 4.22. The summed E-state index contributed by atoms with van der Waals surface area (Å²) in [6, 6.07) is 7.83. The van der Waals surface area contributed by atoms with E-state index < -0.39 is 15.1 Å². The topological polar surface area (TPSA) is 81.7 Å². The number of para-hydroxylation sites is 1. The van der Waals surface area contributed by atoms with Crippen molar-refractivity contribution in [3.05, 3.63) is 29.8 Å². The Hall–Kier alpha value is -1.60. The number of sulfone groups is 1. The average Bonchev–Trinajstić information content (AvgIpc) is 2.87. The second-order valence-electron chi connectivity index (χ2n) is 7.52. The minimum atomic E-state index is -3.37. The summed E-state index contributed by atoms with van der Waals surface area (Å²) in [4.78, 5) is 12.8. The van der Waals surface area contributed by atoms with Crippen LogP contribution in [0.5, 0.6) is 5.75 Å². The maximum atomic E-state index is 12.8. The highest BCUT2D eigenvalue weighted by Crippen LogP contribution is 2.39. The molecule has 0 saturated carbocycles. The van der Waals surface area contributed by atoms with Crippen molar-refractivity contribution in [2.75, 3.05) is 32.6 Å². The van der Waals surface area contributed by atoms with Crippen molar-refractivity contribution in [2.24, 2.45) is 0 Å². The van der Waals surface area contributed by atoms with E-state index in [0.717, 1.165) is 37.0 Å². The molecule has 150 valence electrons. The molecule has 1 N–H and O–H groups in total. The molecule has 2 aliphatic heterocycles. The first-order chi connectivity index (χ1) is 13.0. The van der Waals surface area contributed by atoms with Crippen LogP contribution in [0.4, 0.5) is 0 Å². The Morgan fingerprint density at radius 2 is 1.96 bits per heavy atom. The fourth-order valence-electron chi connectivity index (χ4n) is 4.18. The molecule has 1 unspecified atom stereocenters. The smallest absolute Gasteiger partial charge is 0.238 e. The van der Waals surface area contributed by atoms with Crippen molar-refractivity contribution >= 4 is 15.7 Å². The average molecular weight is 396 g/mol. The number of carbonyl (C=O) groups is 1. The van der Waals surface area contributed by atoms with E-state index in [9.17, 15) is 13.2 Å². The lowest BCUT2D eigenvalue weighted by molar-refractivity contribution is -0.121. The third kappa shape index (κ3) is 4.46. The minimum Gasteiger partial charge on any atom is -0.496 e. The quantitative estimate of drug-likeness (QED) is 0.827. The van der Waals surface area contributed by atoms with Gasteiger partial charge in [0.2, 0.25) is 5.91 Å². The van der Waals surface area contributed by atoms with E-state index in [0.29, 0.717) is 32.6 Å². The highest BCUT2D eigenvalue weighted by Gasteiger charge is 2.39. The van der Waals surface area contributed by atoms with Crippen LogP contribution in [-0.2, 0) is 24.8 Å². The molecule has 0 aromatic heterocycles. The zero-order valence-electron chi connectivity index (χ0n) is 15.9. The zero-order chi connectivity index (χ0) is 19.3. The van der Waals surface area contributed by atoms with E-state index in [1.165, 1.54) is 0 Å². The molecule has 2 saturated heterocycles. The first-order valence-electron chi connectivity index (χ1n) is 9.69. The largest absolute Gasteiger partial charge is 0.496 e. The summed E-state index contributed by atoms with van der Waals surface area (Å²) in [6.45, 7) is 1.60. The van der Waals surface area contributed by atoms with Gasteiger partial charge in [-0.2, -0.15) is 0 Å². The van der Waals surface area contributed by atoms with Gasteiger partial charge < -0.3 is 14.8 Å². The Balaban J connectivity index is 1.80. The van der Waals surface area contributed by atoms with Crippen LogP contribution in [0.15, 0.2) is 24.3 Å². The Bertz CT molecular complexity index is 755. The van der Waals surface area contributed by atoms with Crippen LogP contribution in [-0.4, -0.2) is 52.2 Å². The van der Waals surface area contributed by atoms with Crippen molar-refractivity contribution in [1.29, 1.82) is 0 Å². The summed E-state index contributed by atoms with van der Waals surface area (Å²) in [7, 11) is -1.73. The monoisotopic (exact) mass is 395 g/mol. The molecule has 1 aromatic carbocycles. The van der Waals surface area contributed by atoms with E-state index in [1.54, 1.807) is 7.11 Å². The molecule has 1 amide bonds. The van der Waals surface area contributed by atoms with Gasteiger partial charge in [0.1, 0.15) is 11.0 Å². The number of hydrogen-bond donors (Lipinski definition) is 1. The summed E-state index contributed by atoms with van der Waals surface area (Å²) < 4.78 is 36.0. The lowest BCUT2D eigenvalue weighted by atomic mass is 9.73. The van der Waals surface area contributed by atoms with E-state index in [-0.39, 0.29) is 17.1 Å². The summed E-state index contributed by atoms with van der Waals surface area (Å²) >= 11 is 0. The van der Waals surface area contributed by atoms with Gasteiger partial charge in [0.15, 0.2) is 9.84 Å². The second kappa shape index (κ2) is 8.61. The van der Waals surface area contributed by atoms with Gasteiger partial charge in [0.25, 0.3) is 0 Å². The second-order valence-corrected chi connectivity index (χ2v) is 9.82. The maximum absolute atomic E-state index is 12.8. The molecular weight excluding hydrogens is 366 g/mol. The predicted molar refractivity (Wildman–Crippen MR) is 104 cm³/mol. The van der Waals surface area contributed by atoms with Gasteiger partial charge in [-0.3, -0.25) is 4.79 Å². The molecule has 3 rings (SSSR count). The molecule has 0 spiro atoms. The molecule has 0 radical (unpaired) electrons. The number of benzene rings is 1. The van der Waals surface area contributed by atoms with Crippen molar-refractivity contribution in [2.45, 2.75) is 49.2 Å². The SMILES string of the molecule is COc1ccccc1C1(CNC(=O)C2CCCCCS2(=O)=O)CCOCC1. The van der Waals surface area contributed by atoms with Gasteiger partial charge in [0, 0.05) is 30.7 Å². The van der Waals surface area contributed by atoms with Crippen molar-refractivity contribution < 1.29 is 22.7 Å². The van der Waals surface area contributed by atoms with Crippen molar-refractivity contribution in [3.63, 3.8) is 0 Å². The van der Waals surface area contributed by atoms with E-state index in [4.69, 9.17) is 9.47 Å². The molecule has 2 aliphatic rings. The lowest BCUT2D eigenvalue weighted by Gasteiger charge is -2.39. The van der Waals surface area contributed by atoms with E-state index in [1.807, 2.05) is 24.3 Å². The molecule has 6 nitrogen and oxygen atoms in total. The van der Waals surface area contributed by atoms with Crippen molar-refractivity contribution in [3.8, 4) is 5.75 Å². The normalized spacial score (nSPS) is 24.6. The summed E-state index contributed by atoms with van der Waals surface area (Å²) in [5.74, 6) is 0.532. The standard InChI is InChI=1S/C20H29NO5S/c1-25-17-8-5-4-7-16(17)20(10-12-26-13-11-20)15-21-19(22)18-9-3-2-6-14-27(18,23)24/h4-5,7-8,18H,2-3,6,9-15H2,1H3,(H,21,22). The Kier molecular flexibility index (Phi) is 6.42. The third-order valence-electron chi connectivity index (χ3n) is 5.85. The van der Waals surface area contributed by atoms with Crippen LogP contribution in [0.1, 0.15) is 44.1 Å². The van der Waals surface area contributed by atoms with Crippen LogP contribution in [0.25, 0.3) is 0 Å². The Morgan fingerprint density at radius 3 is 2.70 bits per heavy atom. The maximum Gasteiger partial charge on any atom is 0.238 e. The number of hydrogen-bond acceptors (Lipinski definition) is 5. The molecule has 0 bridgehead atoms. The molecular formula is C20H29NO5S. The zero-order valence-corrected chi connectivity index (χ0v) is 16.7. The minimum absolute atomic E-state index is 0.108. The molecule has 0 aliphatic carbocycles. The summed E-state index contributed by atoms with van der Waals surface area (Å²) in [5, 5.41) is 2.05. The van der Waals surface area contributed by atoms with Gasteiger partial charge in [0.05, 0.1) is 12.9 Å². The van der Waals surface area contributed by atoms with Crippen LogP contribution in [0.3, 0.4) is 0 Å². The molecule has 27 heavy (non-hydrogen) atoms. The Labute approximate surface area is 161 Å². The van der Waals surface area contributed by atoms with Gasteiger partial charge in [-0.05, 0) is 31.7 Å². The van der Waals surface area contributed by atoms with E-state index in [2.05, 4.69) is 5.32 Å². The fraction of sp³-hybridized carbons (Fsp3) is 0.650. The van der Waals surface area contributed by atoms with Crippen LogP contribution in [0, 0.1) is 0 Å². The van der Waals surface area contributed by atoms with Crippen molar-refractivity contribution in [1.82, 2.24) is 5.32 Å². The molecule has 2 fully saturated rings. The predicted octanol–water partition coefficient (Wildman–Crippen LogP) is 2.22. The number of nitrogens with one attached hydrogen (secondary N) is 1. The van der Waals surface area contributed by atoms with Crippen LogP contribution in [0.2, 0.25) is 0 Å². The summed E-state index contributed by atoms with van der Waals surface area (Å²) in [5.41, 5.74) is 0.731. The number of rotatable bonds is 5. The van der Waals surface area contributed by atoms with Gasteiger partial charge in [-0.25, -0.2) is 8.42 Å². The highest BCUT2D eigenvalue weighted by atomic mass is 32.2. The van der Waals surface area contributed by atoms with Gasteiger partial charge in [-0.15, -0.1) is 0 Å². The Morgan fingerprint density at radius 1 is 1.22 bits per heavy atom. The molecule has 1 aromatic rings. The van der Waals surface area contributed by atoms with Gasteiger partial charge >= 0.3 is 0 Å². The first-order valence-corrected chi connectivity index (χ1v) is 11.4. The lowest BCUT2D eigenvalue weighted by Crippen LogP contribution is -2.48. The number of ether oxygens (including phenoxy) is 2. The van der Waals surface area contributed by atoms with Crippen LogP contribution < -0.4 is 10.1 Å². The molecule has 2 heterocycles. The number of carbonyl (C=O) groups excluding carboxylic acids is 1. The number of methoxy groups -OCH3 is 1. The first kappa shape index (κ1) is 20.1. The van der Waals surface area contributed by atoms with Crippen LogP contribution >= 0.6 is 0 Å². The number of amides is 1. The third-order valence-corrected chi connectivity index (χ3v) is 8.02. The van der Waals surface area contributed by atoms with Gasteiger partial charge in [-0.1, -0.05) is 31.0 Å². The highest BCUT2D eigenvalue weighted by molar-refractivity contribution is 7.92. The van der Waals surface area contributed by atoms with E-state index >= 15 is 0 Å². The molecule has 1 atom stereocenters. The fourth-order valence-corrected chi connectivity index (χ4v) is 6.01.